The third kappa shape index (κ3) is 2.99. The lowest BCUT2D eigenvalue weighted by Crippen LogP contribution is -2.05. The molecule has 0 aliphatic rings. The summed E-state index contributed by atoms with van der Waals surface area (Å²) in [6, 6.07) is 15.7. The van der Waals surface area contributed by atoms with Gasteiger partial charge in [-0.2, -0.15) is 0 Å². The van der Waals surface area contributed by atoms with Crippen molar-refractivity contribution in [2.45, 2.75) is 0 Å². The third-order valence-electron chi connectivity index (χ3n) is 4.20. The van der Waals surface area contributed by atoms with E-state index in [0.717, 1.165) is 6.07 Å². The van der Waals surface area contributed by atoms with Crippen LogP contribution in [-0.4, -0.2) is 20.3 Å². The Morgan fingerprint density at radius 1 is 0.963 bits per heavy atom. The minimum Gasteiger partial charge on any atom is -0.410 e. The number of nitrogens with two attached hydrogens (primary N) is 1. The van der Waals surface area contributed by atoms with E-state index in [1.165, 1.54) is 12.1 Å². The highest BCUT2D eigenvalue weighted by molar-refractivity contribution is 6.12. The van der Waals surface area contributed by atoms with E-state index in [9.17, 15) is 14.0 Å². The minimum absolute atomic E-state index is 0.138. The molecule has 0 saturated carbocycles. The second-order valence-corrected chi connectivity index (χ2v) is 5.96. The average molecular weight is 364 g/mol. The average Bonchev–Trinajstić information content (AvgIpc) is 2.97. The molecule has 0 fully saturated rings. The number of hydrogen-bond donors (Lipinski definition) is 2. The highest BCUT2D eigenvalue weighted by Gasteiger charge is 2.16. The number of halogens is 2. The number of nitrogen functional groups attached to an aromatic ring is 1. The first-order valence-electron chi connectivity index (χ1n) is 8.08. The molecule has 7 heteroatoms. The smallest absolute Gasteiger partial charge is 0.150 e. The van der Waals surface area contributed by atoms with Gasteiger partial charge in [0.1, 0.15) is 23.0 Å². The number of rotatable bonds is 3. The van der Waals surface area contributed by atoms with Gasteiger partial charge in [-0.25, -0.2) is 13.8 Å². The molecule has 0 aliphatic carbocycles. The summed E-state index contributed by atoms with van der Waals surface area (Å²) in [5, 5.41) is 12.9. The Morgan fingerprint density at radius 2 is 1.67 bits per heavy atom. The van der Waals surface area contributed by atoms with Crippen LogP contribution < -0.4 is 5.73 Å². The van der Waals surface area contributed by atoms with Gasteiger partial charge in [0.2, 0.25) is 0 Å². The predicted molar refractivity (Wildman–Crippen MR) is 98.8 cm³/mol. The van der Waals surface area contributed by atoms with Crippen molar-refractivity contribution in [1.29, 1.82) is 0 Å². The Balaban J connectivity index is 1.92. The van der Waals surface area contributed by atoms with Gasteiger partial charge in [0.15, 0.2) is 5.82 Å². The van der Waals surface area contributed by atoms with Crippen molar-refractivity contribution in [2.24, 2.45) is 5.16 Å². The first-order valence-corrected chi connectivity index (χ1v) is 8.08. The summed E-state index contributed by atoms with van der Waals surface area (Å²) >= 11 is 0. The minimum atomic E-state index is -0.711. The van der Waals surface area contributed by atoms with E-state index in [4.69, 9.17) is 5.73 Å². The SMILES string of the molecule is Nc1nc2ccc(/C(=N/O)c3ccccc3)cn2c1-c1cc(F)cc(F)c1. The summed E-state index contributed by atoms with van der Waals surface area (Å²) in [4.78, 5) is 4.24. The molecule has 2 aromatic carbocycles. The maximum atomic E-state index is 13.7. The van der Waals surface area contributed by atoms with Gasteiger partial charge in [-0.1, -0.05) is 35.5 Å². The van der Waals surface area contributed by atoms with Crippen LogP contribution in [0.5, 0.6) is 0 Å². The highest BCUT2D eigenvalue weighted by atomic mass is 19.1. The van der Waals surface area contributed by atoms with Crippen LogP contribution in [0, 0.1) is 11.6 Å². The van der Waals surface area contributed by atoms with Gasteiger partial charge in [0.05, 0.1) is 5.69 Å². The molecular formula is C20H14F2N4O. The number of hydrogen-bond acceptors (Lipinski definition) is 4. The van der Waals surface area contributed by atoms with Crippen LogP contribution in [0.4, 0.5) is 14.6 Å². The maximum absolute atomic E-state index is 13.7. The van der Waals surface area contributed by atoms with E-state index >= 15 is 0 Å². The number of pyridine rings is 1. The van der Waals surface area contributed by atoms with Crippen molar-refractivity contribution in [3.05, 3.63) is 89.6 Å². The van der Waals surface area contributed by atoms with Gasteiger partial charge in [-0.05, 0) is 24.3 Å². The van der Waals surface area contributed by atoms with Gasteiger partial charge in [-0.3, -0.25) is 4.40 Å². The molecule has 0 amide bonds. The molecule has 5 nitrogen and oxygen atoms in total. The van der Waals surface area contributed by atoms with Gasteiger partial charge in [0.25, 0.3) is 0 Å². The quantitative estimate of drug-likeness (QED) is 0.327. The molecule has 0 radical (unpaired) electrons. The number of fused-ring (bicyclic) bond motifs is 1. The maximum Gasteiger partial charge on any atom is 0.150 e. The molecule has 4 rings (SSSR count). The van der Waals surface area contributed by atoms with E-state index in [2.05, 4.69) is 10.1 Å². The van der Waals surface area contributed by atoms with Crippen LogP contribution >= 0.6 is 0 Å². The lowest BCUT2D eigenvalue weighted by molar-refractivity contribution is 0.319. The summed E-state index contributed by atoms with van der Waals surface area (Å²) < 4.78 is 29.0. The molecule has 4 aromatic rings. The van der Waals surface area contributed by atoms with Crippen molar-refractivity contribution >= 4 is 17.2 Å². The highest BCUT2D eigenvalue weighted by Crippen LogP contribution is 2.29. The topological polar surface area (TPSA) is 75.9 Å². The first-order chi connectivity index (χ1) is 13.1. The van der Waals surface area contributed by atoms with Crippen LogP contribution in [0.1, 0.15) is 11.1 Å². The second-order valence-electron chi connectivity index (χ2n) is 5.96. The van der Waals surface area contributed by atoms with Crippen LogP contribution in [0.15, 0.2) is 72.0 Å². The molecule has 2 aromatic heterocycles. The lowest BCUT2D eigenvalue weighted by Gasteiger charge is -2.08. The molecule has 0 atom stereocenters. The van der Waals surface area contributed by atoms with E-state index in [1.807, 2.05) is 30.3 Å². The Kier molecular flexibility index (Phi) is 4.04. The Hall–Kier alpha value is -3.74. The predicted octanol–water partition coefficient (Wildman–Crippen LogP) is 4.09. The van der Waals surface area contributed by atoms with Crippen molar-refractivity contribution in [2.75, 3.05) is 5.73 Å². The number of imidazole rings is 1. The molecule has 0 saturated heterocycles. The zero-order chi connectivity index (χ0) is 19.0. The summed E-state index contributed by atoms with van der Waals surface area (Å²) in [6.07, 6.45) is 1.67. The molecule has 0 aliphatic heterocycles. The lowest BCUT2D eigenvalue weighted by atomic mass is 10.0. The van der Waals surface area contributed by atoms with Crippen molar-refractivity contribution in [1.82, 2.24) is 9.38 Å². The van der Waals surface area contributed by atoms with Crippen LogP contribution in [-0.2, 0) is 0 Å². The number of nitrogens with zero attached hydrogens (tertiary/aromatic N) is 3. The fourth-order valence-corrected chi connectivity index (χ4v) is 3.06. The van der Waals surface area contributed by atoms with Crippen molar-refractivity contribution in [3.8, 4) is 11.3 Å². The fraction of sp³-hybridized carbons (Fsp3) is 0. The van der Waals surface area contributed by atoms with Crippen LogP contribution in [0.3, 0.4) is 0 Å². The van der Waals surface area contributed by atoms with Crippen molar-refractivity contribution in [3.63, 3.8) is 0 Å². The van der Waals surface area contributed by atoms with E-state index in [1.54, 1.807) is 22.7 Å². The van der Waals surface area contributed by atoms with Gasteiger partial charge in [-0.15, -0.1) is 0 Å². The molecule has 0 spiro atoms. The number of benzene rings is 2. The van der Waals surface area contributed by atoms with Crippen molar-refractivity contribution < 1.29 is 14.0 Å². The number of anilines is 1. The molecule has 134 valence electrons. The van der Waals surface area contributed by atoms with Crippen LogP contribution in [0.25, 0.3) is 16.9 Å². The molecule has 0 unspecified atom stereocenters. The summed E-state index contributed by atoms with van der Waals surface area (Å²) in [7, 11) is 0. The van der Waals surface area contributed by atoms with E-state index in [-0.39, 0.29) is 11.4 Å². The molecule has 2 heterocycles. The zero-order valence-corrected chi connectivity index (χ0v) is 14.0. The first kappa shape index (κ1) is 16.7. The summed E-state index contributed by atoms with van der Waals surface area (Å²) in [5.41, 5.74) is 8.77. The Bertz CT molecular complexity index is 1150. The largest absolute Gasteiger partial charge is 0.410 e. The summed E-state index contributed by atoms with van der Waals surface area (Å²) in [5.74, 6) is -1.28. The zero-order valence-electron chi connectivity index (χ0n) is 14.0. The van der Waals surface area contributed by atoms with Gasteiger partial charge >= 0.3 is 0 Å². The Morgan fingerprint density at radius 3 is 2.33 bits per heavy atom. The van der Waals surface area contributed by atoms with Gasteiger partial charge in [0, 0.05) is 29.0 Å². The molecule has 3 N–H and O–H groups in total. The normalized spacial score (nSPS) is 11.9. The summed E-state index contributed by atoms with van der Waals surface area (Å²) in [6.45, 7) is 0. The Labute approximate surface area is 153 Å². The number of oxime groups is 1. The molecule has 0 bridgehead atoms. The molecular weight excluding hydrogens is 350 g/mol. The molecule has 27 heavy (non-hydrogen) atoms. The monoisotopic (exact) mass is 364 g/mol. The van der Waals surface area contributed by atoms with E-state index < -0.39 is 11.6 Å². The fourth-order valence-electron chi connectivity index (χ4n) is 3.06. The van der Waals surface area contributed by atoms with Gasteiger partial charge < -0.3 is 10.9 Å². The number of aromatic nitrogens is 2. The third-order valence-corrected chi connectivity index (χ3v) is 4.20. The second kappa shape index (κ2) is 6.53. The van der Waals surface area contributed by atoms with E-state index in [0.29, 0.717) is 28.2 Å². The standard InChI is InChI=1S/C20H14F2N4O/c21-15-8-14(9-16(22)10-15)19-20(23)24-17-7-6-13(11-26(17)19)18(25-27)12-4-2-1-3-5-12/h1-11,27H,23H2/b25-18+. The van der Waals surface area contributed by atoms with Crippen LogP contribution in [0.2, 0.25) is 0 Å².